The van der Waals surface area contributed by atoms with Gasteiger partial charge < -0.3 is 58.2 Å². The molecule has 3 rings (SSSR count). The number of hydrogen-bond acceptors (Lipinski definition) is 11. The van der Waals surface area contributed by atoms with Crippen LogP contribution in [0.3, 0.4) is 0 Å². The number of aliphatic hydroxyl groups excluding tert-OH is 3. The van der Waals surface area contributed by atoms with Crippen molar-refractivity contribution >= 4 is 0 Å². The summed E-state index contributed by atoms with van der Waals surface area (Å²) in [6, 6.07) is -2.22. The van der Waals surface area contributed by atoms with Gasteiger partial charge >= 0.3 is 0 Å². The van der Waals surface area contributed by atoms with E-state index in [1.807, 2.05) is 0 Å². The van der Waals surface area contributed by atoms with Crippen molar-refractivity contribution in [1.29, 1.82) is 0 Å². The molecule has 0 aromatic rings. The number of rotatable bonds is 4. The topological polar surface area (TPSA) is 218 Å². The summed E-state index contributed by atoms with van der Waals surface area (Å²) >= 11 is 0. The molecule has 11 heteroatoms. The number of nitrogens with two attached hydrogens (primary N) is 5. The minimum absolute atomic E-state index is 0.0846. The van der Waals surface area contributed by atoms with Gasteiger partial charge in [0, 0.05) is 30.6 Å². The van der Waals surface area contributed by atoms with E-state index >= 15 is 0 Å². The van der Waals surface area contributed by atoms with E-state index in [2.05, 4.69) is 0 Å². The van der Waals surface area contributed by atoms with Crippen LogP contribution in [0.5, 0.6) is 0 Å². The van der Waals surface area contributed by atoms with Gasteiger partial charge in [-0.3, -0.25) is 0 Å². The van der Waals surface area contributed by atoms with Crippen LogP contribution in [0, 0.1) is 5.92 Å². The Labute approximate surface area is 164 Å². The maximum absolute atomic E-state index is 11.1. The number of hydrogen-bond donors (Lipinski definition) is 8. The van der Waals surface area contributed by atoms with Gasteiger partial charge in [-0.25, -0.2) is 0 Å². The summed E-state index contributed by atoms with van der Waals surface area (Å²) in [6.07, 6.45) is -4.07. The van der Waals surface area contributed by atoms with E-state index in [0.717, 1.165) is 12.8 Å². The fourth-order valence-corrected chi connectivity index (χ4v) is 4.52. The van der Waals surface area contributed by atoms with E-state index < -0.39 is 60.9 Å². The lowest BCUT2D eigenvalue weighted by atomic mass is 9.72. The Hall–Kier alpha value is -0.440. The van der Waals surface area contributed by atoms with E-state index in [1.54, 1.807) is 0 Å². The van der Waals surface area contributed by atoms with Crippen LogP contribution >= 0.6 is 0 Å². The quantitative estimate of drug-likeness (QED) is 0.223. The van der Waals surface area contributed by atoms with Crippen molar-refractivity contribution in [2.45, 2.75) is 86.3 Å². The first-order valence-corrected chi connectivity index (χ1v) is 9.93. The summed E-state index contributed by atoms with van der Waals surface area (Å²) in [6.45, 7) is 0.279. The van der Waals surface area contributed by atoms with Crippen molar-refractivity contribution in [2.75, 3.05) is 13.2 Å². The minimum Gasteiger partial charge on any atom is -0.390 e. The van der Waals surface area contributed by atoms with Crippen LogP contribution < -0.4 is 28.7 Å². The van der Waals surface area contributed by atoms with Gasteiger partial charge in [-0.05, 0) is 19.3 Å². The lowest BCUT2D eigenvalue weighted by molar-refractivity contribution is -0.281. The molecule has 13 N–H and O–H groups in total. The van der Waals surface area contributed by atoms with Crippen molar-refractivity contribution in [2.24, 2.45) is 34.6 Å². The predicted octanol–water partition coefficient (Wildman–Crippen LogP) is -4.35. The normalized spacial score (nSPS) is 53.1. The maximum atomic E-state index is 11.1. The minimum atomic E-state index is -1.26. The highest BCUT2D eigenvalue weighted by atomic mass is 16.7. The van der Waals surface area contributed by atoms with E-state index in [9.17, 15) is 15.3 Å². The number of ether oxygens (including phenoxy) is 3. The molecule has 12 atom stereocenters. The van der Waals surface area contributed by atoms with Gasteiger partial charge in [0.1, 0.15) is 12.2 Å². The lowest BCUT2D eigenvalue weighted by Gasteiger charge is -2.49. The van der Waals surface area contributed by atoms with Crippen LogP contribution in [0.2, 0.25) is 0 Å². The van der Waals surface area contributed by atoms with Crippen molar-refractivity contribution < 1.29 is 29.5 Å². The molecule has 1 saturated carbocycles. The largest absolute Gasteiger partial charge is 0.390 e. The summed E-state index contributed by atoms with van der Waals surface area (Å²) < 4.78 is 17.2. The van der Waals surface area contributed by atoms with Crippen LogP contribution in [0.4, 0.5) is 0 Å². The second-order valence-electron chi connectivity index (χ2n) is 8.27. The van der Waals surface area contributed by atoms with E-state index in [-0.39, 0.29) is 18.8 Å². The molecule has 1 aliphatic carbocycles. The molecule has 0 aromatic heterocycles. The molecule has 0 amide bonds. The molecule has 1 unspecified atom stereocenters. The molecule has 0 bridgehead atoms. The van der Waals surface area contributed by atoms with Crippen LogP contribution in [0.1, 0.15) is 19.3 Å². The second kappa shape index (κ2) is 9.14. The molecule has 11 nitrogen and oxygen atoms in total. The Bertz CT molecular complexity index is 518. The highest BCUT2D eigenvalue weighted by Crippen LogP contribution is 2.35. The monoisotopic (exact) mass is 405 g/mol. The molecule has 0 aromatic carbocycles. The number of aliphatic hydroxyl groups is 3. The summed E-state index contributed by atoms with van der Waals surface area (Å²) in [5.74, 6) is -0.505. The zero-order valence-electron chi connectivity index (χ0n) is 15.9. The first-order chi connectivity index (χ1) is 13.2. The third kappa shape index (κ3) is 4.35. The Morgan fingerprint density at radius 1 is 0.929 bits per heavy atom. The molecule has 3 fully saturated rings. The second-order valence-corrected chi connectivity index (χ2v) is 8.27. The highest BCUT2D eigenvalue weighted by molar-refractivity contribution is 5.04. The van der Waals surface area contributed by atoms with Crippen molar-refractivity contribution in [1.82, 2.24) is 0 Å². The van der Waals surface area contributed by atoms with Gasteiger partial charge in [-0.2, -0.15) is 0 Å². The fourth-order valence-electron chi connectivity index (χ4n) is 4.52. The predicted molar refractivity (Wildman–Crippen MR) is 99.6 cm³/mol. The fraction of sp³-hybridized carbons (Fsp3) is 1.00. The zero-order valence-corrected chi connectivity index (χ0v) is 15.9. The summed E-state index contributed by atoms with van der Waals surface area (Å²) in [7, 11) is 0. The maximum Gasteiger partial charge on any atom is 0.185 e. The third-order valence-corrected chi connectivity index (χ3v) is 6.27. The molecule has 2 saturated heterocycles. The standard InChI is InChI=1S/C17H35N5O6/c18-4-6-1-2-7(19)15(27-6)11-8(20)3-9(21)16(13(11)24)28-17-14(25)12(22)10(23)5-26-17/h6-17,23-25H,1-5,18-22H2/t6-,7+,8-,9+,10+,11?,12-,13-,14+,15-,16-,17+/m0/s1. The first kappa shape index (κ1) is 22.2. The Morgan fingerprint density at radius 3 is 2.32 bits per heavy atom. The van der Waals surface area contributed by atoms with Gasteiger partial charge in [-0.15, -0.1) is 0 Å². The molecule has 2 heterocycles. The molecule has 28 heavy (non-hydrogen) atoms. The Kier molecular flexibility index (Phi) is 7.27. The lowest BCUT2D eigenvalue weighted by Crippen LogP contribution is -2.67. The van der Waals surface area contributed by atoms with Gasteiger partial charge in [0.2, 0.25) is 0 Å². The van der Waals surface area contributed by atoms with E-state index in [1.165, 1.54) is 0 Å². The van der Waals surface area contributed by atoms with Crippen molar-refractivity contribution in [3.63, 3.8) is 0 Å². The van der Waals surface area contributed by atoms with Gasteiger partial charge in [0.15, 0.2) is 6.29 Å². The molecule has 0 spiro atoms. The summed E-state index contributed by atoms with van der Waals surface area (Å²) in [5, 5.41) is 31.0. The molecular weight excluding hydrogens is 370 g/mol. The van der Waals surface area contributed by atoms with Crippen LogP contribution in [0.15, 0.2) is 0 Å². The highest BCUT2D eigenvalue weighted by Gasteiger charge is 2.50. The molecule has 2 aliphatic heterocycles. The van der Waals surface area contributed by atoms with E-state index in [4.69, 9.17) is 42.9 Å². The van der Waals surface area contributed by atoms with Crippen LogP contribution in [-0.4, -0.2) is 95.6 Å². The third-order valence-electron chi connectivity index (χ3n) is 6.27. The SMILES string of the molecule is NC[C@@H]1CC[C@@H](N)[C@@H](C2[C@@H](N)C[C@@H](N)[C@H](O[C@H]3OC[C@@H](O)[C@H](N)[C@H]3O)[C@H]2O)O1. The molecule has 164 valence electrons. The van der Waals surface area contributed by atoms with E-state index in [0.29, 0.717) is 13.0 Å². The molecule has 0 radical (unpaired) electrons. The van der Waals surface area contributed by atoms with Crippen molar-refractivity contribution in [3.8, 4) is 0 Å². The van der Waals surface area contributed by atoms with Gasteiger partial charge in [0.25, 0.3) is 0 Å². The Balaban J connectivity index is 1.73. The smallest absolute Gasteiger partial charge is 0.185 e. The average molecular weight is 405 g/mol. The van der Waals surface area contributed by atoms with Crippen LogP contribution in [-0.2, 0) is 14.2 Å². The zero-order chi connectivity index (χ0) is 20.6. The van der Waals surface area contributed by atoms with Crippen molar-refractivity contribution in [3.05, 3.63) is 0 Å². The summed E-state index contributed by atoms with van der Waals surface area (Å²) in [4.78, 5) is 0. The first-order valence-electron chi connectivity index (χ1n) is 9.93. The van der Waals surface area contributed by atoms with Gasteiger partial charge in [0.05, 0.1) is 37.1 Å². The Morgan fingerprint density at radius 2 is 1.64 bits per heavy atom. The van der Waals surface area contributed by atoms with Crippen LogP contribution in [0.25, 0.3) is 0 Å². The molecule has 3 aliphatic rings. The molecular formula is C17H35N5O6. The van der Waals surface area contributed by atoms with Gasteiger partial charge in [-0.1, -0.05) is 0 Å². The summed E-state index contributed by atoms with van der Waals surface area (Å²) in [5.41, 5.74) is 30.3. The average Bonchev–Trinajstić information content (AvgIpc) is 2.66.